The van der Waals surface area contributed by atoms with Crippen molar-refractivity contribution in [3.8, 4) is 11.5 Å². The van der Waals surface area contributed by atoms with E-state index in [1.165, 1.54) is 43.4 Å². The van der Waals surface area contributed by atoms with Crippen LogP contribution in [0.4, 0.5) is 5.69 Å². The number of nitro groups is 1. The number of ether oxygens (including phenoxy) is 2. The molecule has 1 saturated heterocycles. The molecule has 0 aliphatic carbocycles. The van der Waals surface area contributed by atoms with Gasteiger partial charge in [-0.15, -0.1) is 0 Å². The Morgan fingerprint density at radius 3 is 2.25 bits per heavy atom. The first-order valence-electron chi connectivity index (χ1n) is 11.2. The fraction of sp³-hybridized carbons (Fsp3) is 0.320. The van der Waals surface area contributed by atoms with Crippen LogP contribution in [0.15, 0.2) is 48.0 Å². The van der Waals surface area contributed by atoms with E-state index in [4.69, 9.17) is 14.6 Å². The molecule has 1 aliphatic rings. The topological polar surface area (TPSA) is 157 Å². The highest BCUT2D eigenvalue weighted by Gasteiger charge is 2.46. The third-order valence-corrected chi connectivity index (χ3v) is 5.90. The zero-order valence-corrected chi connectivity index (χ0v) is 19.8. The molecule has 2 N–H and O–H groups in total. The molecule has 1 unspecified atom stereocenters. The molecule has 2 aromatic rings. The number of amides is 1. The standard InChI is InChI=1S/C25H26N2O9/c1-35-18-12-9-16(14-19(18)36-2)22-21(23(30)15-7-10-17(11-8-15)27(33)34)24(31)25(32)26(22)13-5-3-4-6-20(28)29/h7-12,14,22,30H,3-6,13H2,1-2H3,(H,28,29)/b23-21+. The van der Waals surface area contributed by atoms with E-state index in [-0.39, 0.29) is 29.8 Å². The molecule has 2 aromatic carbocycles. The molecular weight excluding hydrogens is 472 g/mol. The lowest BCUT2D eigenvalue weighted by Crippen LogP contribution is -2.30. The Bertz CT molecular complexity index is 1200. The Labute approximate surface area is 206 Å². The van der Waals surface area contributed by atoms with Crippen molar-refractivity contribution in [3.05, 3.63) is 69.3 Å². The zero-order chi connectivity index (χ0) is 26.4. The van der Waals surface area contributed by atoms with Gasteiger partial charge in [-0.1, -0.05) is 12.5 Å². The first-order chi connectivity index (χ1) is 17.2. The third-order valence-electron chi connectivity index (χ3n) is 5.90. The van der Waals surface area contributed by atoms with Crippen molar-refractivity contribution < 1.29 is 39.0 Å². The molecule has 190 valence electrons. The van der Waals surface area contributed by atoms with Gasteiger partial charge in [0.2, 0.25) is 0 Å². The van der Waals surface area contributed by atoms with Gasteiger partial charge in [-0.2, -0.15) is 0 Å². The number of benzene rings is 2. The summed E-state index contributed by atoms with van der Waals surface area (Å²) >= 11 is 0. The molecule has 1 aliphatic heterocycles. The van der Waals surface area contributed by atoms with Gasteiger partial charge in [0.05, 0.1) is 30.8 Å². The number of carboxylic acids is 1. The Kier molecular flexibility index (Phi) is 8.26. The average molecular weight is 498 g/mol. The summed E-state index contributed by atoms with van der Waals surface area (Å²) in [6, 6.07) is 8.91. The summed E-state index contributed by atoms with van der Waals surface area (Å²) in [5.41, 5.74) is 0.280. The van der Waals surface area contributed by atoms with Gasteiger partial charge in [0.15, 0.2) is 11.5 Å². The Morgan fingerprint density at radius 1 is 1.00 bits per heavy atom. The first kappa shape index (κ1) is 26.2. The number of methoxy groups -OCH3 is 2. The molecule has 0 radical (unpaired) electrons. The Balaban J connectivity index is 2.05. The number of hydrogen-bond donors (Lipinski definition) is 2. The van der Waals surface area contributed by atoms with E-state index < -0.39 is 34.4 Å². The van der Waals surface area contributed by atoms with Gasteiger partial charge < -0.3 is 24.6 Å². The number of Topliss-reactive ketones (excluding diaryl/α,β-unsaturated/α-hetero) is 1. The Hall–Kier alpha value is -4.41. The van der Waals surface area contributed by atoms with Crippen LogP contribution in [0, 0.1) is 10.1 Å². The predicted molar refractivity (Wildman–Crippen MR) is 128 cm³/mol. The van der Waals surface area contributed by atoms with Crippen LogP contribution in [-0.4, -0.2) is 58.5 Å². The maximum absolute atomic E-state index is 13.1. The highest BCUT2D eigenvalue weighted by atomic mass is 16.6. The lowest BCUT2D eigenvalue weighted by molar-refractivity contribution is -0.384. The molecule has 11 heteroatoms. The minimum atomic E-state index is -0.959. The van der Waals surface area contributed by atoms with E-state index >= 15 is 0 Å². The number of carboxylic acid groups (broad SMARTS) is 1. The molecule has 1 fully saturated rings. The minimum Gasteiger partial charge on any atom is -0.507 e. The monoisotopic (exact) mass is 498 g/mol. The van der Waals surface area contributed by atoms with Crippen LogP contribution in [-0.2, 0) is 14.4 Å². The van der Waals surface area contributed by atoms with Crippen molar-refractivity contribution in [2.75, 3.05) is 20.8 Å². The highest BCUT2D eigenvalue weighted by molar-refractivity contribution is 6.46. The number of aliphatic carboxylic acids is 1. The van der Waals surface area contributed by atoms with E-state index in [0.717, 1.165) is 0 Å². The molecule has 1 heterocycles. The maximum atomic E-state index is 13.1. The number of likely N-dealkylation sites (tertiary alicyclic amines) is 1. The summed E-state index contributed by atoms with van der Waals surface area (Å²) in [5, 5.41) is 30.9. The second kappa shape index (κ2) is 11.3. The lowest BCUT2D eigenvalue weighted by atomic mass is 9.94. The molecule has 0 saturated carbocycles. The summed E-state index contributed by atoms with van der Waals surface area (Å²) < 4.78 is 10.6. The molecular formula is C25H26N2O9. The molecule has 1 amide bonds. The number of aliphatic hydroxyl groups is 1. The smallest absolute Gasteiger partial charge is 0.303 e. The largest absolute Gasteiger partial charge is 0.507 e. The van der Waals surface area contributed by atoms with Crippen LogP contribution in [0.2, 0.25) is 0 Å². The fourth-order valence-electron chi connectivity index (χ4n) is 4.11. The number of carbonyl (C=O) groups excluding carboxylic acids is 2. The number of hydrogen-bond acceptors (Lipinski definition) is 8. The van der Waals surface area contributed by atoms with Gasteiger partial charge in [0.25, 0.3) is 17.4 Å². The van der Waals surface area contributed by atoms with Crippen molar-refractivity contribution in [1.82, 2.24) is 4.90 Å². The lowest BCUT2D eigenvalue weighted by Gasteiger charge is -2.26. The van der Waals surface area contributed by atoms with Crippen molar-refractivity contribution in [2.24, 2.45) is 0 Å². The number of non-ortho nitro benzene ring substituents is 1. The molecule has 0 spiro atoms. The average Bonchev–Trinajstić information content (AvgIpc) is 3.12. The molecule has 0 aromatic heterocycles. The molecule has 1 atom stereocenters. The third kappa shape index (κ3) is 5.45. The van der Waals surface area contributed by atoms with Crippen LogP contribution in [0.5, 0.6) is 11.5 Å². The van der Waals surface area contributed by atoms with Gasteiger partial charge in [-0.05, 0) is 42.7 Å². The number of nitro benzene ring substituents is 1. The Morgan fingerprint density at radius 2 is 1.67 bits per heavy atom. The van der Waals surface area contributed by atoms with E-state index in [1.807, 2.05) is 0 Å². The van der Waals surface area contributed by atoms with Crippen molar-refractivity contribution in [2.45, 2.75) is 31.7 Å². The van der Waals surface area contributed by atoms with Crippen LogP contribution in [0.1, 0.15) is 42.9 Å². The summed E-state index contributed by atoms with van der Waals surface area (Å²) in [6.45, 7) is 0.153. The van der Waals surface area contributed by atoms with Gasteiger partial charge in [-0.25, -0.2) is 0 Å². The number of aliphatic hydroxyl groups excluding tert-OH is 1. The summed E-state index contributed by atoms with van der Waals surface area (Å²) in [4.78, 5) is 48.6. The predicted octanol–water partition coefficient (Wildman–Crippen LogP) is 3.68. The highest BCUT2D eigenvalue weighted by Crippen LogP contribution is 2.42. The fourth-order valence-corrected chi connectivity index (χ4v) is 4.11. The maximum Gasteiger partial charge on any atom is 0.303 e. The van der Waals surface area contributed by atoms with Crippen LogP contribution in [0.25, 0.3) is 5.76 Å². The quantitative estimate of drug-likeness (QED) is 0.118. The molecule has 11 nitrogen and oxygen atoms in total. The summed E-state index contributed by atoms with van der Waals surface area (Å²) in [7, 11) is 2.91. The van der Waals surface area contributed by atoms with Crippen LogP contribution < -0.4 is 9.47 Å². The summed E-state index contributed by atoms with van der Waals surface area (Å²) in [6.07, 6.45) is 1.39. The van der Waals surface area contributed by atoms with Crippen molar-refractivity contribution >= 4 is 29.1 Å². The number of ketones is 1. The van der Waals surface area contributed by atoms with Gasteiger partial charge >= 0.3 is 5.97 Å². The summed E-state index contributed by atoms with van der Waals surface area (Å²) in [5.74, 6) is -2.28. The second-order valence-corrected chi connectivity index (χ2v) is 8.12. The number of nitrogens with zero attached hydrogens (tertiary/aromatic N) is 2. The van der Waals surface area contributed by atoms with Gasteiger partial charge in [0, 0.05) is 30.7 Å². The van der Waals surface area contributed by atoms with Crippen LogP contribution in [0.3, 0.4) is 0 Å². The van der Waals surface area contributed by atoms with Crippen molar-refractivity contribution in [3.63, 3.8) is 0 Å². The zero-order valence-electron chi connectivity index (χ0n) is 19.8. The van der Waals surface area contributed by atoms with E-state index in [1.54, 1.807) is 18.2 Å². The number of unbranched alkanes of at least 4 members (excludes halogenated alkanes) is 2. The minimum absolute atomic E-state index is 0.00192. The van der Waals surface area contributed by atoms with E-state index in [0.29, 0.717) is 36.3 Å². The van der Waals surface area contributed by atoms with Gasteiger partial charge in [0.1, 0.15) is 5.76 Å². The normalized spacial score (nSPS) is 16.7. The number of carbonyl (C=O) groups is 3. The van der Waals surface area contributed by atoms with Crippen molar-refractivity contribution in [1.29, 1.82) is 0 Å². The second-order valence-electron chi connectivity index (χ2n) is 8.12. The SMILES string of the molecule is COc1ccc(C2/C(=C(\O)c3ccc([N+](=O)[O-])cc3)C(=O)C(=O)N2CCCCCC(=O)O)cc1OC. The van der Waals surface area contributed by atoms with Gasteiger partial charge in [-0.3, -0.25) is 24.5 Å². The molecule has 36 heavy (non-hydrogen) atoms. The van der Waals surface area contributed by atoms with E-state index in [9.17, 15) is 29.6 Å². The molecule has 0 bridgehead atoms. The van der Waals surface area contributed by atoms with Crippen LogP contribution >= 0.6 is 0 Å². The first-order valence-corrected chi connectivity index (χ1v) is 11.2. The number of rotatable bonds is 11. The molecule has 3 rings (SSSR count). The van der Waals surface area contributed by atoms with E-state index in [2.05, 4.69) is 0 Å².